The van der Waals surface area contributed by atoms with Gasteiger partial charge in [0.05, 0.1) is 35.7 Å². The second-order valence-electron chi connectivity index (χ2n) is 10.7. The van der Waals surface area contributed by atoms with Gasteiger partial charge in [-0.1, -0.05) is 6.92 Å². The average molecular weight is 525 g/mol. The Kier molecular flexibility index (Phi) is 7.40. The van der Waals surface area contributed by atoms with Gasteiger partial charge in [0.2, 0.25) is 11.8 Å². The molecule has 5 rings (SSSR count). The van der Waals surface area contributed by atoms with Gasteiger partial charge < -0.3 is 10.6 Å². The van der Waals surface area contributed by atoms with Gasteiger partial charge in [0.25, 0.3) is 5.91 Å². The Bertz CT molecular complexity index is 1310. The summed E-state index contributed by atoms with van der Waals surface area (Å²) >= 11 is 0. The molecule has 2 saturated carbocycles. The van der Waals surface area contributed by atoms with E-state index < -0.39 is 12.0 Å². The summed E-state index contributed by atoms with van der Waals surface area (Å²) in [5.41, 5.74) is 3.29. The first-order valence-electron chi connectivity index (χ1n) is 13.5. The highest BCUT2D eigenvalue weighted by molar-refractivity contribution is 5.95. The topological polar surface area (TPSA) is 101 Å². The molecule has 0 saturated heterocycles. The fourth-order valence-electron chi connectivity index (χ4n) is 5.36. The molecule has 0 unspecified atom stereocenters. The van der Waals surface area contributed by atoms with Gasteiger partial charge in [-0.3, -0.25) is 14.6 Å². The fraction of sp³-hybridized carbons (Fsp3) is 0.536. The zero-order chi connectivity index (χ0) is 26.9. The van der Waals surface area contributed by atoms with Gasteiger partial charge in [0.15, 0.2) is 5.65 Å². The van der Waals surface area contributed by atoms with E-state index in [2.05, 4.69) is 20.7 Å². The van der Waals surface area contributed by atoms with E-state index in [1.165, 1.54) is 6.20 Å². The SMILES string of the molecule is CCCC(=O)N[C@@H](c1cnn2cc([C@@H](NC(=O)c3cnccc3C)C3CCC(F)(F)CC3)nc2c1)C1CC1. The van der Waals surface area contributed by atoms with Crippen molar-refractivity contribution in [2.45, 2.75) is 83.2 Å². The number of carbonyl (C=O) groups excluding carboxylic acids is 2. The largest absolute Gasteiger partial charge is 0.349 e. The van der Waals surface area contributed by atoms with E-state index in [-0.39, 0.29) is 49.5 Å². The Morgan fingerprint density at radius 2 is 1.84 bits per heavy atom. The molecular formula is C28H34F2N6O2. The summed E-state index contributed by atoms with van der Waals surface area (Å²) in [5.74, 6) is -2.77. The molecule has 10 heteroatoms. The number of fused-ring (bicyclic) bond motifs is 1. The number of nitrogens with zero attached hydrogens (tertiary/aromatic N) is 4. The number of aromatic nitrogens is 4. The van der Waals surface area contributed by atoms with Gasteiger partial charge in [0, 0.05) is 31.7 Å². The minimum absolute atomic E-state index is 0.0240. The first-order valence-corrected chi connectivity index (χ1v) is 13.5. The maximum atomic E-state index is 14.0. The van der Waals surface area contributed by atoms with Crippen molar-refractivity contribution in [1.29, 1.82) is 0 Å². The quantitative estimate of drug-likeness (QED) is 0.406. The molecule has 0 spiro atoms. The van der Waals surface area contributed by atoms with Crippen LogP contribution in [0, 0.1) is 18.8 Å². The second-order valence-corrected chi connectivity index (χ2v) is 10.7. The lowest BCUT2D eigenvalue weighted by Crippen LogP contribution is -2.37. The van der Waals surface area contributed by atoms with Crippen LogP contribution in [0.4, 0.5) is 8.78 Å². The van der Waals surface area contributed by atoms with Crippen molar-refractivity contribution in [3.8, 4) is 0 Å². The van der Waals surface area contributed by atoms with E-state index in [9.17, 15) is 18.4 Å². The third-order valence-electron chi connectivity index (χ3n) is 7.73. The highest BCUT2D eigenvalue weighted by atomic mass is 19.3. The van der Waals surface area contributed by atoms with Gasteiger partial charge in [-0.25, -0.2) is 18.3 Å². The summed E-state index contributed by atoms with van der Waals surface area (Å²) in [5, 5.41) is 10.8. The summed E-state index contributed by atoms with van der Waals surface area (Å²) in [7, 11) is 0. The monoisotopic (exact) mass is 524 g/mol. The van der Waals surface area contributed by atoms with Crippen molar-refractivity contribution < 1.29 is 18.4 Å². The molecule has 3 heterocycles. The van der Waals surface area contributed by atoms with E-state index >= 15 is 0 Å². The standard InChI is InChI=1S/C28H34F2N6O2/c1-3-4-24(37)34-25(18-5-6-18)20-13-23-33-22(16-36(23)32-14-20)26(19-7-10-28(29,30)11-8-19)35-27(38)21-15-31-12-9-17(21)2/h9,12-16,18-19,25-26H,3-8,10-11H2,1-2H3,(H,34,37)(H,35,38)/t25-,26+/m1/s1. The van der Waals surface area contributed by atoms with E-state index in [0.29, 0.717) is 29.2 Å². The van der Waals surface area contributed by atoms with E-state index in [1.54, 1.807) is 29.2 Å². The lowest BCUT2D eigenvalue weighted by Gasteiger charge is -2.33. The molecule has 0 aromatic carbocycles. The van der Waals surface area contributed by atoms with Gasteiger partial charge in [0.1, 0.15) is 0 Å². The number of hydrogen-bond acceptors (Lipinski definition) is 5. The van der Waals surface area contributed by atoms with E-state index in [4.69, 9.17) is 4.98 Å². The van der Waals surface area contributed by atoms with Crippen molar-refractivity contribution in [2.24, 2.45) is 11.8 Å². The lowest BCUT2D eigenvalue weighted by molar-refractivity contribution is -0.122. The molecule has 2 fully saturated rings. The summed E-state index contributed by atoms with van der Waals surface area (Å²) in [6, 6.07) is 3.02. The van der Waals surface area contributed by atoms with Crippen LogP contribution in [-0.4, -0.2) is 37.3 Å². The minimum Gasteiger partial charge on any atom is -0.349 e. The number of rotatable bonds is 9. The fourth-order valence-corrected chi connectivity index (χ4v) is 5.36. The molecule has 3 aromatic rings. The van der Waals surface area contributed by atoms with Crippen LogP contribution in [0.15, 0.2) is 36.9 Å². The Balaban J connectivity index is 1.44. The number of nitrogens with one attached hydrogen (secondary N) is 2. The van der Waals surface area contributed by atoms with E-state index in [1.807, 2.05) is 19.9 Å². The summed E-state index contributed by atoms with van der Waals surface area (Å²) in [6.45, 7) is 3.81. The molecule has 3 aromatic heterocycles. The molecule has 2 amide bonds. The van der Waals surface area contributed by atoms with Crippen molar-refractivity contribution in [1.82, 2.24) is 30.2 Å². The van der Waals surface area contributed by atoms with Crippen molar-refractivity contribution in [2.75, 3.05) is 0 Å². The lowest BCUT2D eigenvalue weighted by atomic mass is 9.81. The van der Waals surface area contributed by atoms with Crippen LogP contribution < -0.4 is 10.6 Å². The Hall–Kier alpha value is -3.43. The maximum Gasteiger partial charge on any atom is 0.253 e. The third kappa shape index (κ3) is 5.84. The normalized spacial score (nSPS) is 19.2. The number of halogens is 2. The summed E-state index contributed by atoms with van der Waals surface area (Å²) < 4.78 is 29.6. The van der Waals surface area contributed by atoms with Gasteiger partial charge in [-0.05, 0) is 74.1 Å². The summed E-state index contributed by atoms with van der Waals surface area (Å²) in [6.07, 6.45) is 10.1. The van der Waals surface area contributed by atoms with Crippen LogP contribution in [0.1, 0.15) is 97.6 Å². The number of amides is 2. The van der Waals surface area contributed by atoms with Crippen molar-refractivity contribution in [3.05, 3.63) is 59.3 Å². The molecule has 2 aliphatic rings. The van der Waals surface area contributed by atoms with Crippen LogP contribution in [0.2, 0.25) is 0 Å². The number of alkyl halides is 2. The minimum atomic E-state index is -2.68. The predicted molar refractivity (Wildman–Crippen MR) is 138 cm³/mol. The van der Waals surface area contributed by atoms with Crippen LogP contribution in [0.3, 0.4) is 0 Å². The maximum absolute atomic E-state index is 14.0. The number of pyridine rings is 1. The first-order chi connectivity index (χ1) is 18.2. The van der Waals surface area contributed by atoms with Crippen LogP contribution in [0.5, 0.6) is 0 Å². The second kappa shape index (κ2) is 10.7. The number of hydrogen-bond donors (Lipinski definition) is 2. The smallest absolute Gasteiger partial charge is 0.253 e. The van der Waals surface area contributed by atoms with Crippen LogP contribution >= 0.6 is 0 Å². The molecule has 202 valence electrons. The first kappa shape index (κ1) is 26.2. The Morgan fingerprint density at radius 1 is 1.11 bits per heavy atom. The highest BCUT2D eigenvalue weighted by Crippen LogP contribution is 2.42. The molecule has 0 radical (unpaired) electrons. The van der Waals surface area contributed by atoms with Crippen molar-refractivity contribution >= 4 is 17.5 Å². The molecule has 2 atom stereocenters. The zero-order valence-corrected chi connectivity index (χ0v) is 21.8. The molecule has 0 aliphatic heterocycles. The Labute approximate surface area is 220 Å². The summed E-state index contributed by atoms with van der Waals surface area (Å²) in [4.78, 5) is 34.4. The average Bonchev–Trinajstić information content (AvgIpc) is 3.64. The van der Waals surface area contributed by atoms with Gasteiger partial charge in [-0.2, -0.15) is 5.10 Å². The number of imidazole rings is 1. The third-order valence-corrected chi connectivity index (χ3v) is 7.73. The molecule has 2 aliphatic carbocycles. The Morgan fingerprint density at radius 3 is 2.53 bits per heavy atom. The van der Waals surface area contributed by atoms with Gasteiger partial charge >= 0.3 is 0 Å². The van der Waals surface area contributed by atoms with Crippen LogP contribution in [-0.2, 0) is 4.79 Å². The number of carbonyl (C=O) groups is 2. The van der Waals surface area contributed by atoms with Gasteiger partial charge in [-0.15, -0.1) is 0 Å². The molecule has 0 bridgehead atoms. The van der Waals surface area contributed by atoms with Crippen LogP contribution in [0.25, 0.3) is 5.65 Å². The van der Waals surface area contributed by atoms with E-state index in [0.717, 1.165) is 30.4 Å². The number of aryl methyl sites for hydroxylation is 1. The predicted octanol–water partition coefficient (Wildman–Crippen LogP) is 5.10. The molecule has 2 N–H and O–H groups in total. The molecular weight excluding hydrogens is 490 g/mol. The zero-order valence-electron chi connectivity index (χ0n) is 21.8. The van der Waals surface area contributed by atoms with Crippen molar-refractivity contribution in [3.63, 3.8) is 0 Å². The highest BCUT2D eigenvalue weighted by Gasteiger charge is 2.39. The molecule has 38 heavy (non-hydrogen) atoms. The molecule has 8 nitrogen and oxygen atoms in total.